The van der Waals surface area contributed by atoms with Crippen molar-refractivity contribution in [3.63, 3.8) is 0 Å². The molecule has 2 rings (SSSR count). The zero-order chi connectivity index (χ0) is 23.7. The lowest BCUT2D eigenvalue weighted by Crippen LogP contribution is -2.51. The van der Waals surface area contributed by atoms with E-state index in [1.54, 1.807) is 4.90 Å². The molecule has 184 valence electrons. The van der Waals surface area contributed by atoms with Gasteiger partial charge in [0.1, 0.15) is 5.60 Å². The van der Waals surface area contributed by atoms with Crippen LogP contribution in [-0.2, 0) is 24.8 Å². The number of hydrogen-bond donors (Lipinski definition) is 3. The number of nitrogens with one attached hydrogen (secondary N) is 1. The Kier molecular flexibility index (Phi) is 11.1. The molecule has 0 saturated carbocycles. The third kappa shape index (κ3) is 14.6. The molecule has 2 aliphatic rings. The number of primary sulfonamides is 2. The van der Waals surface area contributed by atoms with Crippen molar-refractivity contribution in [3.8, 4) is 0 Å². The fourth-order valence-corrected chi connectivity index (χ4v) is 3.95. The van der Waals surface area contributed by atoms with Crippen LogP contribution in [0.3, 0.4) is 0 Å². The van der Waals surface area contributed by atoms with Crippen molar-refractivity contribution < 1.29 is 26.4 Å². The van der Waals surface area contributed by atoms with Crippen molar-refractivity contribution in [2.45, 2.75) is 26.4 Å². The largest absolute Gasteiger partial charge is 0.444 e. The van der Waals surface area contributed by atoms with Gasteiger partial charge < -0.3 is 15.0 Å². The van der Waals surface area contributed by atoms with Gasteiger partial charge in [-0.25, -0.2) is 31.9 Å². The number of sulfonamides is 2. The van der Waals surface area contributed by atoms with Gasteiger partial charge in [-0.05, 0) is 20.8 Å². The van der Waals surface area contributed by atoms with Gasteiger partial charge in [-0.15, -0.1) is 0 Å². The highest BCUT2D eigenvalue weighted by Crippen LogP contribution is 2.11. The molecule has 0 unspecified atom stereocenters. The zero-order valence-corrected chi connectivity index (χ0v) is 20.4. The van der Waals surface area contributed by atoms with Gasteiger partial charge in [-0.3, -0.25) is 9.80 Å². The number of amides is 1. The fraction of sp³-hybridized carbons (Fsp3) is 0.941. The molecule has 0 aromatic heterocycles. The minimum atomic E-state index is -3.42. The van der Waals surface area contributed by atoms with E-state index in [0.29, 0.717) is 39.3 Å². The molecule has 2 aliphatic heterocycles. The summed E-state index contributed by atoms with van der Waals surface area (Å²) in [5.74, 6) is 0.00639. The number of nitrogens with zero attached hydrogens (tertiary/aromatic N) is 3. The second-order valence-electron chi connectivity index (χ2n) is 8.63. The van der Waals surface area contributed by atoms with Crippen LogP contribution in [-0.4, -0.2) is 120 Å². The summed E-state index contributed by atoms with van der Waals surface area (Å²) in [5.41, 5.74) is -0.498. The summed E-state index contributed by atoms with van der Waals surface area (Å²) < 4.78 is 48.2. The summed E-state index contributed by atoms with van der Waals surface area (Å²) in [6, 6.07) is 0. The lowest BCUT2D eigenvalue weighted by Gasteiger charge is -2.35. The Morgan fingerprint density at radius 1 is 0.839 bits per heavy atom. The van der Waals surface area contributed by atoms with E-state index < -0.39 is 25.6 Å². The molecule has 0 bridgehead atoms. The van der Waals surface area contributed by atoms with E-state index >= 15 is 0 Å². The maximum absolute atomic E-state index is 11.8. The molecule has 0 atom stereocenters. The molecule has 0 radical (unpaired) electrons. The van der Waals surface area contributed by atoms with Gasteiger partial charge in [0.2, 0.25) is 20.0 Å². The highest BCUT2D eigenvalue weighted by atomic mass is 32.2. The molecule has 0 aromatic carbocycles. The van der Waals surface area contributed by atoms with E-state index in [0.717, 1.165) is 26.2 Å². The Hall–Kier alpha value is -1.03. The summed E-state index contributed by atoms with van der Waals surface area (Å²) in [4.78, 5) is 17.5. The number of hydrogen-bond acceptors (Lipinski definition) is 9. The number of carbonyl (C=O) groups excluding carboxylic acids is 1. The normalized spacial score (nSPS) is 19.5. The third-order valence-corrected chi connectivity index (χ3v) is 6.12. The topological polar surface area (TPSA) is 168 Å². The van der Waals surface area contributed by atoms with Crippen LogP contribution in [0.5, 0.6) is 0 Å². The maximum Gasteiger partial charge on any atom is 0.410 e. The molecule has 2 heterocycles. The summed E-state index contributed by atoms with van der Waals surface area (Å²) in [5, 5.41) is 13.0. The van der Waals surface area contributed by atoms with Crippen LogP contribution in [0.2, 0.25) is 0 Å². The molecule has 31 heavy (non-hydrogen) atoms. The molecule has 1 amide bonds. The number of carbonyl (C=O) groups is 1. The maximum atomic E-state index is 11.8. The van der Waals surface area contributed by atoms with Crippen LogP contribution >= 0.6 is 0 Å². The summed E-state index contributed by atoms with van der Waals surface area (Å²) in [6.07, 6.45) is -0.321. The smallest absolute Gasteiger partial charge is 0.410 e. The Morgan fingerprint density at radius 2 is 1.26 bits per heavy atom. The van der Waals surface area contributed by atoms with Crippen molar-refractivity contribution in [2.24, 2.45) is 10.3 Å². The van der Waals surface area contributed by atoms with Gasteiger partial charge in [0.25, 0.3) is 0 Å². The van der Waals surface area contributed by atoms with Crippen LogP contribution in [0.25, 0.3) is 0 Å². The number of rotatable bonds is 6. The SMILES string of the molecule is CC(C)(C)OC(=O)N1CCN(CCS(N)(=O)=O)CC1.NS(=O)(=O)CCN1CCNCC1. The number of ether oxygens (including phenoxy) is 1. The Labute approximate surface area is 186 Å². The Balaban J connectivity index is 0.000000343. The summed E-state index contributed by atoms with van der Waals surface area (Å²) in [7, 11) is -6.71. The standard InChI is InChI=1S/C11H23N3O4S.C6H15N3O2S/c1-11(2,3)18-10(15)14-6-4-13(5-7-14)8-9-19(12,16)17;7-12(10,11)6-5-9-3-1-8-2-4-9/h4-9H2,1-3H3,(H2,12,16,17);8H,1-6H2,(H2,7,10,11). The van der Waals surface area contributed by atoms with E-state index in [9.17, 15) is 21.6 Å². The predicted molar refractivity (Wildman–Crippen MR) is 120 cm³/mol. The minimum absolute atomic E-state index is 0.0561. The number of nitrogens with two attached hydrogens (primary N) is 2. The van der Waals surface area contributed by atoms with Crippen molar-refractivity contribution in [1.82, 2.24) is 20.0 Å². The second-order valence-corrected chi connectivity index (χ2v) is 12.1. The lowest BCUT2D eigenvalue weighted by molar-refractivity contribution is 0.0150. The van der Waals surface area contributed by atoms with Crippen LogP contribution in [0.15, 0.2) is 0 Å². The van der Waals surface area contributed by atoms with Crippen molar-refractivity contribution in [2.75, 3.05) is 77.0 Å². The third-order valence-electron chi connectivity index (χ3n) is 4.62. The zero-order valence-electron chi connectivity index (χ0n) is 18.7. The van der Waals surface area contributed by atoms with E-state index in [1.165, 1.54) is 0 Å². The van der Waals surface area contributed by atoms with Crippen molar-refractivity contribution in [1.29, 1.82) is 0 Å². The van der Waals surface area contributed by atoms with Gasteiger partial charge in [-0.1, -0.05) is 0 Å². The highest BCUT2D eigenvalue weighted by molar-refractivity contribution is 7.89. The van der Waals surface area contributed by atoms with E-state index in [1.807, 2.05) is 25.7 Å². The van der Waals surface area contributed by atoms with Crippen LogP contribution in [0.4, 0.5) is 4.79 Å². The molecule has 5 N–H and O–H groups in total. The van der Waals surface area contributed by atoms with E-state index in [-0.39, 0.29) is 17.6 Å². The average Bonchev–Trinajstić information content (AvgIpc) is 2.64. The van der Waals surface area contributed by atoms with Gasteiger partial charge in [0, 0.05) is 65.4 Å². The molecule has 14 heteroatoms. The van der Waals surface area contributed by atoms with Crippen LogP contribution in [0.1, 0.15) is 20.8 Å². The average molecular weight is 487 g/mol. The highest BCUT2D eigenvalue weighted by Gasteiger charge is 2.26. The Morgan fingerprint density at radius 3 is 1.65 bits per heavy atom. The Bertz CT molecular complexity index is 754. The van der Waals surface area contributed by atoms with Gasteiger partial charge >= 0.3 is 6.09 Å². The van der Waals surface area contributed by atoms with Crippen molar-refractivity contribution >= 4 is 26.1 Å². The monoisotopic (exact) mass is 486 g/mol. The van der Waals surface area contributed by atoms with Crippen LogP contribution < -0.4 is 15.6 Å². The number of piperazine rings is 2. The summed E-state index contributed by atoms with van der Waals surface area (Å²) >= 11 is 0. The van der Waals surface area contributed by atoms with Gasteiger partial charge in [0.05, 0.1) is 11.5 Å². The lowest BCUT2D eigenvalue weighted by atomic mass is 10.2. The first kappa shape index (κ1) is 28.0. The molecule has 2 saturated heterocycles. The molecule has 12 nitrogen and oxygen atoms in total. The quantitative estimate of drug-likeness (QED) is 0.385. The second kappa shape index (κ2) is 12.3. The molecule has 0 aromatic rings. The first-order valence-corrected chi connectivity index (χ1v) is 13.7. The van der Waals surface area contributed by atoms with Crippen molar-refractivity contribution in [3.05, 3.63) is 0 Å². The van der Waals surface area contributed by atoms with E-state index in [2.05, 4.69) is 10.2 Å². The fourth-order valence-electron chi connectivity index (χ4n) is 2.93. The predicted octanol–water partition coefficient (Wildman–Crippen LogP) is -1.99. The van der Waals surface area contributed by atoms with Gasteiger partial charge in [0.15, 0.2) is 0 Å². The molecule has 2 fully saturated rings. The van der Waals surface area contributed by atoms with Crippen LogP contribution in [0, 0.1) is 0 Å². The molecule has 0 spiro atoms. The molecular formula is C17H38N6O6S2. The molecule has 0 aliphatic carbocycles. The summed E-state index contributed by atoms with van der Waals surface area (Å²) in [6.45, 7) is 12.5. The molecular weight excluding hydrogens is 448 g/mol. The first-order valence-electron chi connectivity index (χ1n) is 10.3. The van der Waals surface area contributed by atoms with Gasteiger partial charge in [-0.2, -0.15) is 0 Å². The first-order chi connectivity index (χ1) is 14.1. The van der Waals surface area contributed by atoms with E-state index in [4.69, 9.17) is 15.0 Å². The minimum Gasteiger partial charge on any atom is -0.444 e.